The molecule has 1 aromatic heterocycles. The second-order valence-corrected chi connectivity index (χ2v) is 10.9. The average molecular weight is 505 g/mol. The standard InChI is InChI=1S/C35H24N2S/c1-2-33-36-30-14-8-16-32-35(30)37(33)34-26(13-7-15-31(34)38-32)22-17-19-23(20-18-22)29-21-24-9-3-4-10-25(24)27-11-5-6-12-28(27)29/h3-21H,2H2,1H3. The Labute approximate surface area is 225 Å². The van der Waals surface area contributed by atoms with E-state index in [9.17, 15) is 0 Å². The highest BCUT2D eigenvalue weighted by molar-refractivity contribution is 7.99. The Morgan fingerprint density at radius 1 is 0.632 bits per heavy atom. The molecule has 0 saturated carbocycles. The van der Waals surface area contributed by atoms with Crippen molar-refractivity contribution in [3.8, 4) is 27.9 Å². The zero-order valence-electron chi connectivity index (χ0n) is 21.0. The van der Waals surface area contributed by atoms with Gasteiger partial charge in [0.25, 0.3) is 0 Å². The third kappa shape index (κ3) is 3.12. The quantitative estimate of drug-likeness (QED) is 0.223. The van der Waals surface area contributed by atoms with Gasteiger partial charge in [0, 0.05) is 21.8 Å². The van der Waals surface area contributed by atoms with Crippen LogP contribution in [0.2, 0.25) is 0 Å². The number of imidazole rings is 1. The third-order valence-corrected chi connectivity index (χ3v) is 8.84. The molecule has 0 saturated heterocycles. The molecule has 0 fully saturated rings. The van der Waals surface area contributed by atoms with Gasteiger partial charge in [-0.2, -0.15) is 0 Å². The van der Waals surface area contributed by atoms with E-state index in [4.69, 9.17) is 4.98 Å². The molecule has 0 bridgehead atoms. The highest BCUT2D eigenvalue weighted by Gasteiger charge is 2.25. The normalized spacial score (nSPS) is 12.3. The second kappa shape index (κ2) is 8.34. The Hall–Kier alpha value is -4.34. The SMILES string of the molecule is CCc1nc2cccc3c2n1-c1c(cccc1-c1ccc(-c2cc4ccccc4c4ccccc24)cc1)S3. The van der Waals surface area contributed by atoms with Crippen LogP contribution in [0.15, 0.2) is 125 Å². The summed E-state index contributed by atoms with van der Waals surface area (Å²) in [6, 6.07) is 42.0. The van der Waals surface area contributed by atoms with E-state index >= 15 is 0 Å². The highest BCUT2D eigenvalue weighted by Crippen LogP contribution is 2.47. The molecule has 0 amide bonds. The van der Waals surface area contributed by atoms with E-state index in [0.29, 0.717) is 0 Å². The van der Waals surface area contributed by atoms with Crippen LogP contribution in [0.3, 0.4) is 0 Å². The van der Waals surface area contributed by atoms with Crippen molar-refractivity contribution in [1.29, 1.82) is 0 Å². The van der Waals surface area contributed by atoms with Crippen LogP contribution in [0.5, 0.6) is 0 Å². The van der Waals surface area contributed by atoms with E-state index in [1.807, 2.05) is 11.8 Å². The van der Waals surface area contributed by atoms with Crippen LogP contribution in [-0.4, -0.2) is 9.55 Å². The Morgan fingerprint density at radius 3 is 2.13 bits per heavy atom. The van der Waals surface area contributed by atoms with Gasteiger partial charge in [-0.25, -0.2) is 4.98 Å². The largest absolute Gasteiger partial charge is 0.293 e. The maximum absolute atomic E-state index is 4.99. The lowest BCUT2D eigenvalue weighted by Crippen LogP contribution is -2.07. The van der Waals surface area contributed by atoms with Gasteiger partial charge < -0.3 is 0 Å². The summed E-state index contributed by atoms with van der Waals surface area (Å²) in [6.45, 7) is 2.19. The molecule has 38 heavy (non-hydrogen) atoms. The predicted molar refractivity (Wildman–Crippen MR) is 160 cm³/mol. The number of hydrogen-bond donors (Lipinski definition) is 0. The lowest BCUT2D eigenvalue weighted by atomic mass is 9.92. The Kier molecular flexibility index (Phi) is 4.77. The summed E-state index contributed by atoms with van der Waals surface area (Å²) < 4.78 is 2.40. The zero-order chi connectivity index (χ0) is 25.2. The van der Waals surface area contributed by atoms with Gasteiger partial charge in [-0.15, -0.1) is 0 Å². The molecular formula is C35H24N2S. The topological polar surface area (TPSA) is 17.8 Å². The van der Waals surface area contributed by atoms with Gasteiger partial charge in [0.05, 0.1) is 16.7 Å². The van der Waals surface area contributed by atoms with Crippen molar-refractivity contribution in [3.63, 3.8) is 0 Å². The van der Waals surface area contributed by atoms with Crippen LogP contribution >= 0.6 is 11.8 Å². The van der Waals surface area contributed by atoms with Crippen molar-refractivity contribution in [3.05, 3.63) is 121 Å². The van der Waals surface area contributed by atoms with E-state index in [0.717, 1.165) is 17.8 Å². The van der Waals surface area contributed by atoms with Crippen molar-refractivity contribution >= 4 is 44.3 Å². The molecular weight excluding hydrogens is 480 g/mol. The molecule has 2 nitrogen and oxygen atoms in total. The summed E-state index contributed by atoms with van der Waals surface area (Å²) in [5.41, 5.74) is 8.53. The van der Waals surface area contributed by atoms with Crippen LogP contribution in [0, 0.1) is 0 Å². The maximum atomic E-state index is 4.99. The molecule has 1 aliphatic heterocycles. The van der Waals surface area contributed by atoms with E-state index < -0.39 is 0 Å². The maximum Gasteiger partial charge on any atom is 0.114 e. The van der Waals surface area contributed by atoms with Crippen molar-refractivity contribution in [1.82, 2.24) is 9.55 Å². The van der Waals surface area contributed by atoms with E-state index in [1.54, 1.807) is 0 Å². The van der Waals surface area contributed by atoms with Crippen LogP contribution in [0.4, 0.5) is 0 Å². The molecule has 0 radical (unpaired) electrons. The van der Waals surface area contributed by atoms with Crippen LogP contribution < -0.4 is 0 Å². The molecule has 2 heterocycles. The molecule has 3 heteroatoms. The average Bonchev–Trinajstić information content (AvgIpc) is 3.37. The molecule has 0 spiro atoms. The number of rotatable bonds is 3. The van der Waals surface area contributed by atoms with Crippen molar-refractivity contribution in [2.45, 2.75) is 23.1 Å². The zero-order valence-corrected chi connectivity index (χ0v) is 21.8. The summed E-state index contributed by atoms with van der Waals surface area (Å²) in [5, 5.41) is 5.16. The van der Waals surface area contributed by atoms with Crippen molar-refractivity contribution < 1.29 is 0 Å². The van der Waals surface area contributed by atoms with E-state index in [1.165, 1.54) is 64.8 Å². The number of para-hydroxylation sites is 2. The number of aromatic nitrogens is 2. The highest BCUT2D eigenvalue weighted by atomic mass is 32.2. The first-order valence-corrected chi connectivity index (χ1v) is 13.9. The summed E-state index contributed by atoms with van der Waals surface area (Å²) in [5.74, 6) is 1.11. The Morgan fingerprint density at radius 2 is 1.32 bits per heavy atom. The molecule has 0 atom stereocenters. The van der Waals surface area contributed by atoms with Gasteiger partial charge in [0.2, 0.25) is 0 Å². The van der Waals surface area contributed by atoms with Gasteiger partial charge in [-0.1, -0.05) is 110 Å². The van der Waals surface area contributed by atoms with Gasteiger partial charge >= 0.3 is 0 Å². The molecule has 0 aliphatic carbocycles. The summed E-state index contributed by atoms with van der Waals surface area (Å²) in [7, 11) is 0. The first-order valence-electron chi connectivity index (χ1n) is 13.1. The molecule has 7 aromatic rings. The predicted octanol–water partition coefficient (Wildman–Crippen LogP) is 9.69. The van der Waals surface area contributed by atoms with Gasteiger partial charge in [-0.05, 0) is 62.5 Å². The number of hydrogen-bond acceptors (Lipinski definition) is 2. The number of aryl methyl sites for hydroxylation is 1. The molecule has 1 aliphatic rings. The monoisotopic (exact) mass is 504 g/mol. The number of nitrogens with zero attached hydrogens (tertiary/aromatic N) is 2. The molecule has 8 rings (SSSR count). The molecule has 0 unspecified atom stereocenters. The lowest BCUT2D eigenvalue weighted by molar-refractivity contribution is 0.889. The van der Waals surface area contributed by atoms with Crippen LogP contribution in [-0.2, 0) is 6.42 Å². The molecule has 0 N–H and O–H groups in total. The minimum Gasteiger partial charge on any atom is -0.293 e. The summed E-state index contributed by atoms with van der Waals surface area (Å²) >= 11 is 1.85. The van der Waals surface area contributed by atoms with Crippen LogP contribution in [0.25, 0.3) is 60.5 Å². The minimum absolute atomic E-state index is 0.889. The first-order chi connectivity index (χ1) is 18.8. The van der Waals surface area contributed by atoms with Gasteiger partial charge in [0.1, 0.15) is 5.82 Å². The van der Waals surface area contributed by atoms with Gasteiger partial charge in [-0.3, -0.25) is 4.57 Å². The van der Waals surface area contributed by atoms with E-state index in [2.05, 4.69) is 127 Å². The fourth-order valence-corrected chi connectivity index (χ4v) is 7.13. The molecule has 180 valence electrons. The van der Waals surface area contributed by atoms with Crippen molar-refractivity contribution in [2.75, 3.05) is 0 Å². The smallest absolute Gasteiger partial charge is 0.114 e. The third-order valence-electron chi connectivity index (χ3n) is 7.74. The summed E-state index contributed by atoms with van der Waals surface area (Å²) in [4.78, 5) is 7.55. The Bertz CT molecular complexity index is 2030. The van der Waals surface area contributed by atoms with Crippen LogP contribution in [0.1, 0.15) is 12.7 Å². The number of fused-ring (bicyclic) bond motifs is 5. The Balaban J connectivity index is 1.30. The van der Waals surface area contributed by atoms with Gasteiger partial charge in [0.15, 0.2) is 0 Å². The van der Waals surface area contributed by atoms with Crippen molar-refractivity contribution in [2.24, 2.45) is 0 Å². The fourth-order valence-electron chi connectivity index (χ4n) is 6.01. The second-order valence-electron chi connectivity index (χ2n) is 9.86. The molecule has 6 aromatic carbocycles. The minimum atomic E-state index is 0.889. The summed E-state index contributed by atoms with van der Waals surface area (Å²) in [6.07, 6.45) is 0.889. The fraction of sp³-hybridized carbons (Fsp3) is 0.0571. The van der Waals surface area contributed by atoms with E-state index in [-0.39, 0.29) is 0 Å². The number of benzene rings is 6. The first kappa shape index (κ1) is 21.7. The lowest BCUT2D eigenvalue weighted by Gasteiger charge is -2.23.